The fraction of sp³-hybridized carbons (Fsp3) is 0.0833. The molecule has 0 aliphatic rings. The minimum absolute atomic E-state index is 0.670. The van der Waals surface area contributed by atoms with Gasteiger partial charge in [-0.1, -0.05) is 12.1 Å². The first-order valence-electron chi connectivity index (χ1n) is 5.06. The molecule has 0 atom stereocenters. The summed E-state index contributed by atoms with van der Waals surface area (Å²) in [5.41, 5.74) is 3.73. The van der Waals surface area contributed by atoms with Gasteiger partial charge in [0.15, 0.2) is 11.3 Å². The Bertz CT molecular complexity index is 642. The Balaban J connectivity index is 2.26. The molecular formula is C12H10N4. The number of hydrogen-bond donors (Lipinski definition) is 0. The van der Waals surface area contributed by atoms with Crippen molar-refractivity contribution in [3.63, 3.8) is 0 Å². The summed E-state index contributed by atoms with van der Waals surface area (Å²) in [5, 5.41) is 0. The maximum atomic E-state index is 4.29. The Labute approximate surface area is 92.6 Å². The number of benzene rings is 1. The van der Waals surface area contributed by atoms with E-state index in [4.69, 9.17) is 0 Å². The van der Waals surface area contributed by atoms with E-state index in [0.29, 0.717) is 5.65 Å². The van der Waals surface area contributed by atoms with E-state index in [9.17, 15) is 0 Å². The molecule has 0 fully saturated rings. The van der Waals surface area contributed by atoms with E-state index in [-0.39, 0.29) is 0 Å². The van der Waals surface area contributed by atoms with E-state index >= 15 is 0 Å². The zero-order chi connectivity index (χ0) is 11.0. The van der Waals surface area contributed by atoms with Gasteiger partial charge in [-0.05, 0) is 24.6 Å². The van der Waals surface area contributed by atoms with Crippen LogP contribution in [0.5, 0.6) is 0 Å². The number of aryl methyl sites for hydroxylation is 1. The largest absolute Gasteiger partial charge is 0.282 e. The molecular weight excluding hydrogens is 200 g/mol. The Hall–Kier alpha value is -2.23. The normalized spacial score (nSPS) is 10.8. The monoisotopic (exact) mass is 210 g/mol. The lowest BCUT2D eigenvalue weighted by molar-refractivity contribution is 1.06. The number of nitrogens with zero attached hydrogens (tertiary/aromatic N) is 4. The number of aromatic nitrogens is 4. The van der Waals surface area contributed by atoms with E-state index in [2.05, 4.69) is 34.0 Å². The van der Waals surface area contributed by atoms with Gasteiger partial charge in [0, 0.05) is 18.1 Å². The fourth-order valence-corrected chi connectivity index (χ4v) is 1.72. The molecule has 2 heterocycles. The summed E-state index contributed by atoms with van der Waals surface area (Å²) in [6.45, 7) is 2.06. The first-order valence-corrected chi connectivity index (χ1v) is 5.06. The van der Waals surface area contributed by atoms with E-state index in [1.165, 1.54) is 5.56 Å². The van der Waals surface area contributed by atoms with Crippen molar-refractivity contribution in [2.24, 2.45) is 0 Å². The molecule has 4 nitrogen and oxygen atoms in total. The van der Waals surface area contributed by atoms with Crippen LogP contribution in [-0.4, -0.2) is 19.5 Å². The summed E-state index contributed by atoms with van der Waals surface area (Å²) in [7, 11) is 0. The smallest absolute Gasteiger partial charge is 0.197 e. The van der Waals surface area contributed by atoms with Crippen molar-refractivity contribution in [1.82, 2.24) is 19.5 Å². The Morgan fingerprint density at radius 3 is 2.81 bits per heavy atom. The van der Waals surface area contributed by atoms with Crippen molar-refractivity contribution in [1.29, 1.82) is 0 Å². The predicted octanol–water partition coefficient (Wildman–Crippen LogP) is 2.12. The van der Waals surface area contributed by atoms with E-state index < -0.39 is 0 Å². The molecule has 0 radical (unpaired) electrons. The highest BCUT2D eigenvalue weighted by Gasteiger charge is 2.05. The molecule has 4 heteroatoms. The molecule has 0 saturated heterocycles. The molecule has 2 aromatic heterocycles. The van der Waals surface area contributed by atoms with Crippen LogP contribution in [-0.2, 0) is 0 Å². The van der Waals surface area contributed by atoms with Crippen LogP contribution in [0.3, 0.4) is 0 Å². The molecule has 0 saturated carbocycles. The zero-order valence-corrected chi connectivity index (χ0v) is 8.83. The highest BCUT2D eigenvalue weighted by Crippen LogP contribution is 2.15. The van der Waals surface area contributed by atoms with Gasteiger partial charge in [-0.3, -0.25) is 4.57 Å². The summed E-state index contributed by atoms with van der Waals surface area (Å²) >= 11 is 0. The lowest BCUT2D eigenvalue weighted by atomic mass is 10.2. The molecule has 3 aromatic rings. The van der Waals surface area contributed by atoms with Crippen molar-refractivity contribution in [3.05, 3.63) is 48.5 Å². The van der Waals surface area contributed by atoms with Gasteiger partial charge in [0.05, 0.1) is 0 Å². The maximum absolute atomic E-state index is 4.29. The Kier molecular flexibility index (Phi) is 1.93. The van der Waals surface area contributed by atoms with Crippen molar-refractivity contribution >= 4 is 11.3 Å². The number of imidazole rings is 1. The molecule has 0 unspecified atom stereocenters. The van der Waals surface area contributed by atoms with Gasteiger partial charge in [0.2, 0.25) is 0 Å². The first-order chi connectivity index (χ1) is 7.84. The van der Waals surface area contributed by atoms with Gasteiger partial charge < -0.3 is 0 Å². The van der Waals surface area contributed by atoms with Crippen LogP contribution in [0.25, 0.3) is 17.0 Å². The van der Waals surface area contributed by atoms with Gasteiger partial charge >= 0.3 is 0 Å². The highest BCUT2D eigenvalue weighted by molar-refractivity contribution is 5.67. The van der Waals surface area contributed by atoms with Crippen LogP contribution >= 0.6 is 0 Å². The SMILES string of the molecule is Cc1cccc(-n2cnc3nccnc32)c1. The quantitative estimate of drug-likeness (QED) is 0.618. The van der Waals surface area contributed by atoms with Crippen LogP contribution in [0.1, 0.15) is 5.56 Å². The minimum Gasteiger partial charge on any atom is -0.282 e. The summed E-state index contributed by atoms with van der Waals surface area (Å²) in [4.78, 5) is 12.7. The van der Waals surface area contributed by atoms with Gasteiger partial charge in [-0.25, -0.2) is 15.0 Å². The van der Waals surface area contributed by atoms with Gasteiger partial charge in [-0.15, -0.1) is 0 Å². The van der Waals surface area contributed by atoms with Crippen LogP contribution in [0.4, 0.5) is 0 Å². The second-order valence-corrected chi connectivity index (χ2v) is 3.66. The molecule has 0 bridgehead atoms. The lowest BCUT2D eigenvalue weighted by Gasteiger charge is -2.03. The van der Waals surface area contributed by atoms with Crippen LogP contribution in [0.15, 0.2) is 43.0 Å². The molecule has 0 N–H and O–H groups in total. The molecule has 78 valence electrons. The maximum Gasteiger partial charge on any atom is 0.197 e. The number of fused-ring (bicyclic) bond motifs is 1. The van der Waals surface area contributed by atoms with Crippen molar-refractivity contribution in [2.75, 3.05) is 0 Å². The Morgan fingerprint density at radius 1 is 1.06 bits per heavy atom. The molecule has 1 aromatic carbocycles. The van der Waals surface area contributed by atoms with Crippen LogP contribution in [0, 0.1) is 6.92 Å². The summed E-state index contributed by atoms with van der Waals surface area (Å²) in [6.07, 6.45) is 5.08. The third-order valence-corrected chi connectivity index (χ3v) is 2.46. The molecule has 16 heavy (non-hydrogen) atoms. The average Bonchev–Trinajstić information content (AvgIpc) is 2.72. The molecule has 0 aliphatic carbocycles. The predicted molar refractivity (Wildman–Crippen MR) is 61.4 cm³/mol. The van der Waals surface area contributed by atoms with Gasteiger partial charge in [0.1, 0.15) is 6.33 Å². The fourth-order valence-electron chi connectivity index (χ4n) is 1.72. The summed E-state index contributed by atoms with van der Waals surface area (Å²) in [6, 6.07) is 8.21. The van der Waals surface area contributed by atoms with Crippen molar-refractivity contribution < 1.29 is 0 Å². The van der Waals surface area contributed by atoms with Gasteiger partial charge in [-0.2, -0.15) is 0 Å². The van der Waals surface area contributed by atoms with E-state index in [1.54, 1.807) is 18.7 Å². The summed E-state index contributed by atoms with van der Waals surface area (Å²) < 4.78 is 1.94. The minimum atomic E-state index is 0.670. The lowest BCUT2D eigenvalue weighted by Crippen LogP contribution is -1.94. The molecule has 0 spiro atoms. The van der Waals surface area contributed by atoms with Crippen molar-refractivity contribution in [3.8, 4) is 5.69 Å². The second-order valence-electron chi connectivity index (χ2n) is 3.66. The first kappa shape index (κ1) is 9.03. The van der Waals surface area contributed by atoms with Gasteiger partial charge in [0.25, 0.3) is 0 Å². The zero-order valence-electron chi connectivity index (χ0n) is 8.83. The summed E-state index contributed by atoms with van der Waals surface area (Å²) in [5.74, 6) is 0. The standard InChI is InChI=1S/C12H10N4/c1-9-3-2-4-10(7-9)16-8-15-11-12(16)14-6-5-13-11/h2-8H,1H3. The van der Waals surface area contributed by atoms with E-state index in [0.717, 1.165) is 11.3 Å². The third-order valence-electron chi connectivity index (χ3n) is 2.46. The number of rotatable bonds is 1. The van der Waals surface area contributed by atoms with Crippen LogP contribution < -0.4 is 0 Å². The average molecular weight is 210 g/mol. The van der Waals surface area contributed by atoms with Crippen LogP contribution in [0.2, 0.25) is 0 Å². The third kappa shape index (κ3) is 1.35. The second kappa shape index (κ2) is 3.41. The number of hydrogen-bond acceptors (Lipinski definition) is 3. The Morgan fingerprint density at radius 2 is 1.94 bits per heavy atom. The van der Waals surface area contributed by atoms with Crippen molar-refractivity contribution in [2.45, 2.75) is 6.92 Å². The van der Waals surface area contributed by atoms with E-state index in [1.807, 2.05) is 16.7 Å². The molecule has 0 amide bonds. The topological polar surface area (TPSA) is 43.6 Å². The molecule has 0 aliphatic heterocycles. The molecule has 3 rings (SSSR count). The highest BCUT2D eigenvalue weighted by atomic mass is 15.1.